The number of benzene rings is 1. The van der Waals surface area contributed by atoms with Gasteiger partial charge in [-0.3, -0.25) is 14.4 Å². The van der Waals surface area contributed by atoms with Crippen LogP contribution in [-0.4, -0.2) is 76.2 Å². The van der Waals surface area contributed by atoms with Gasteiger partial charge in [0.05, 0.1) is 37.2 Å². The number of aliphatic hydroxyl groups excluding tert-OH is 1. The molecule has 2 bridgehead atoms. The molecule has 0 aliphatic carbocycles. The summed E-state index contributed by atoms with van der Waals surface area (Å²) in [5.41, 5.74) is -0.632. The van der Waals surface area contributed by atoms with E-state index in [0.29, 0.717) is 23.6 Å². The first-order valence-electron chi connectivity index (χ1n) is 11.8. The van der Waals surface area contributed by atoms with Crippen LogP contribution in [0.5, 0.6) is 0 Å². The molecule has 35 heavy (non-hydrogen) atoms. The summed E-state index contributed by atoms with van der Waals surface area (Å²) >= 11 is 9.69. The number of carbonyl (C=O) groups is 3. The van der Waals surface area contributed by atoms with Crippen molar-refractivity contribution in [2.75, 3.05) is 24.7 Å². The summed E-state index contributed by atoms with van der Waals surface area (Å²) in [5, 5.41) is 10.7. The van der Waals surface area contributed by atoms with Gasteiger partial charge in [-0.05, 0) is 44.0 Å². The molecule has 1 aromatic carbocycles. The summed E-state index contributed by atoms with van der Waals surface area (Å²) in [5.74, 6) is -2.93. The third-order valence-electron chi connectivity index (χ3n) is 7.31. The maximum absolute atomic E-state index is 14.3. The molecular formula is C25H30BrClN2O6. The van der Waals surface area contributed by atoms with Crippen LogP contribution in [0.2, 0.25) is 5.02 Å². The second-order valence-corrected chi connectivity index (χ2v) is 10.7. The van der Waals surface area contributed by atoms with Crippen LogP contribution in [0.3, 0.4) is 0 Å². The molecule has 1 N–H and O–H groups in total. The van der Waals surface area contributed by atoms with Crippen LogP contribution in [0.25, 0.3) is 0 Å². The summed E-state index contributed by atoms with van der Waals surface area (Å²) in [4.78, 5) is 44.0. The largest absolute Gasteiger partial charge is 0.466 e. The molecule has 3 fully saturated rings. The van der Waals surface area contributed by atoms with Crippen molar-refractivity contribution in [2.45, 2.75) is 55.3 Å². The van der Waals surface area contributed by atoms with Crippen LogP contribution >= 0.6 is 27.5 Å². The lowest BCUT2D eigenvalue weighted by molar-refractivity contribution is -0.155. The molecule has 0 saturated carbocycles. The normalized spacial score (nSPS) is 31.9. The summed E-state index contributed by atoms with van der Waals surface area (Å²) < 4.78 is 11.8. The van der Waals surface area contributed by atoms with Gasteiger partial charge in [0.15, 0.2) is 0 Å². The molecule has 7 atom stereocenters. The number of likely N-dealkylation sites (tertiary alicyclic amines) is 1. The Morgan fingerprint density at radius 2 is 2.09 bits per heavy atom. The van der Waals surface area contributed by atoms with Crippen molar-refractivity contribution in [3.8, 4) is 0 Å². The minimum atomic E-state index is -1.22. The number of carbonyl (C=O) groups excluding carboxylic acids is 3. The molecule has 3 aliphatic rings. The highest BCUT2D eigenvalue weighted by molar-refractivity contribution is 9.09. The van der Waals surface area contributed by atoms with E-state index >= 15 is 0 Å². The topological polar surface area (TPSA) is 96.4 Å². The third-order valence-corrected chi connectivity index (χ3v) is 8.41. The van der Waals surface area contributed by atoms with Gasteiger partial charge >= 0.3 is 5.97 Å². The fraction of sp³-hybridized carbons (Fsp3) is 0.560. The van der Waals surface area contributed by atoms with Crippen molar-refractivity contribution in [3.05, 3.63) is 41.9 Å². The first kappa shape index (κ1) is 26.1. The first-order valence-corrected chi connectivity index (χ1v) is 13.1. The molecule has 3 aliphatic heterocycles. The number of alkyl halides is 1. The van der Waals surface area contributed by atoms with Crippen LogP contribution in [-0.2, 0) is 23.9 Å². The van der Waals surface area contributed by atoms with Crippen molar-refractivity contribution in [1.82, 2.24) is 4.90 Å². The first-order chi connectivity index (χ1) is 16.7. The molecule has 2 amide bonds. The second kappa shape index (κ2) is 10.2. The van der Waals surface area contributed by atoms with Crippen molar-refractivity contribution in [2.24, 2.45) is 11.8 Å². The highest BCUT2D eigenvalue weighted by Gasteiger charge is 2.77. The summed E-state index contributed by atoms with van der Waals surface area (Å²) in [6, 6.07) is 5.19. The molecule has 1 spiro atoms. The lowest BCUT2D eigenvalue weighted by Gasteiger charge is -2.39. The minimum Gasteiger partial charge on any atom is -0.466 e. The van der Waals surface area contributed by atoms with E-state index in [1.807, 2.05) is 6.92 Å². The van der Waals surface area contributed by atoms with Gasteiger partial charge in [-0.25, -0.2) is 0 Å². The maximum atomic E-state index is 14.3. The lowest BCUT2D eigenvalue weighted by atomic mass is 9.70. The number of anilines is 1. The number of nitrogens with zero attached hydrogens (tertiary/aromatic N) is 2. The quantitative estimate of drug-likeness (QED) is 0.279. The van der Waals surface area contributed by atoms with Gasteiger partial charge in [-0.2, -0.15) is 0 Å². The molecule has 3 heterocycles. The van der Waals surface area contributed by atoms with Gasteiger partial charge in [0.2, 0.25) is 5.91 Å². The zero-order chi connectivity index (χ0) is 25.5. The van der Waals surface area contributed by atoms with Crippen LogP contribution in [0, 0.1) is 11.8 Å². The average molecular weight is 570 g/mol. The summed E-state index contributed by atoms with van der Waals surface area (Å²) in [6.45, 7) is 7.40. The lowest BCUT2D eigenvalue weighted by Crippen LogP contribution is -2.59. The van der Waals surface area contributed by atoms with Gasteiger partial charge in [-0.15, -0.1) is 6.58 Å². The summed E-state index contributed by atoms with van der Waals surface area (Å²) in [6.07, 6.45) is 1.83. The SMILES string of the molecule is C=CCN(C(=O)[C@H]1N([C@@H](CC)CO)C(=O)[C@@H]2[C@@H](C(=O)OCC)[C@@H]3O[C@@]21CC3Br)c1ccc(Cl)cc1. The van der Waals surface area contributed by atoms with Gasteiger partial charge < -0.3 is 24.4 Å². The van der Waals surface area contributed by atoms with Crippen LogP contribution in [0.15, 0.2) is 36.9 Å². The average Bonchev–Trinajstić information content (AvgIpc) is 3.43. The molecule has 190 valence electrons. The highest BCUT2D eigenvalue weighted by Crippen LogP contribution is 2.60. The smallest absolute Gasteiger partial charge is 0.312 e. The molecule has 4 rings (SSSR count). The Bertz CT molecular complexity index is 1000. The van der Waals surface area contributed by atoms with Gasteiger partial charge in [-0.1, -0.05) is 40.5 Å². The predicted octanol–water partition coefficient (Wildman–Crippen LogP) is 2.94. The van der Waals surface area contributed by atoms with E-state index < -0.39 is 41.6 Å². The highest BCUT2D eigenvalue weighted by atomic mass is 79.9. The molecule has 3 saturated heterocycles. The minimum absolute atomic E-state index is 0.174. The molecule has 10 heteroatoms. The van der Waals surface area contributed by atoms with E-state index in [1.54, 1.807) is 37.3 Å². The molecule has 1 unspecified atom stereocenters. The van der Waals surface area contributed by atoms with Gasteiger partial charge in [0.25, 0.3) is 5.91 Å². The number of ether oxygens (including phenoxy) is 2. The molecule has 8 nitrogen and oxygen atoms in total. The zero-order valence-corrected chi connectivity index (χ0v) is 22.1. The maximum Gasteiger partial charge on any atom is 0.312 e. The monoisotopic (exact) mass is 568 g/mol. The number of fused-ring (bicyclic) bond motifs is 1. The van der Waals surface area contributed by atoms with E-state index in [0.717, 1.165) is 0 Å². The summed E-state index contributed by atoms with van der Waals surface area (Å²) in [7, 11) is 0. The van der Waals surface area contributed by atoms with Crippen molar-refractivity contribution in [3.63, 3.8) is 0 Å². The Labute approximate surface area is 218 Å². The van der Waals surface area contributed by atoms with Crippen molar-refractivity contribution in [1.29, 1.82) is 0 Å². The molecule has 0 aromatic heterocycles. The number of hydrogen-bond acceptors (Lipinski definition) is 6. The van der Waals surface area contributed by atoms with Crippen molar-refractivity contribution < 1.29 is 29.0 Å². The third kappa shape index (κ3) is 4.10. The number of hydrogen-bond donors (Lipinski definition) is 1. The number of amides is 2. The second-order valence-electron chi connectivity index (χ2n) is 9.12. The van der Waals surface area contributed by atoms with E-state index in [2.05, 4.69) is 22.5 Å². The van der Waals surface area contributed by atoms with E-state index in [-0.39, 0.29) is 36.4 Å². The number of esters is 1. The standard InChI is InChI=1S/C25H30BrClN2O6/c1-4-11-28(16-9-7-14(27)8-10-16)23(32)21-25-12-17(26)20(35-25)18(24(33)34-6-3)19(25)22(31)29(21)15(5-2)13-30/h4,7-10,15,17-21,30H,1,5-6,11-13H2,2-3H3/t15-,17?,18+,19-,20+,21+,25-/m0/s1. The molecule has 1 aromatic rings. The number of aliphatic hydroxyl groups is 1. The van der Waals surface area contributed by atoms with E-state index in [9.17, 15) is 19.5 Å². The fourth-order valence-corrected chi connectivity index (χ4v) is 6.95. The molecule has 0 radical (unpaired) electrons. The Morgan fingerprint density at radius 1 is 1.40 bits per heavy atom. The van der Waals surface area contributed by atoms with Gasteiger partial charge in [0.1, 0.15) is 11.6 Å². The number of halogens is 2. The number of rotatable bonds is 9. The Balaban J connectivity index is 1.83. The van der Waals surface area contributed by atoms with E-state index in [1.165, 1.54) is 9.80 Å². The van der Waals surface area contributed by atoms with Crippen LogP contribution in [0.1, 0.15) is 26.7 Å². The molecular weight excluding hydrogens is 540 g/mol. The Kier molecular flexibility index (Phi) is 7.62. The fourth-order valence-electron chi connectivity index (χ4n) is 5.88. The predicted molar refractivity (Wildman–Crippen MR) is 134 cm³/mol. The Hall–Kier alpha value is -1.94. The zero-order valence-electron chi connectivity index (χ0n) is 19.7. The van der Waals surface area contributed by atoms with Crippen LogP contribution in [0.4, 0.5) is 5.69 Å². The van der Waals surface area contributed by atoms with E-state index in [4.69, 9.17) is 21.1 Å². The van der Waals surface area contributed by atoms with Crippen molar-refractivity contribution >= 4 is 51.0 Å². The van der Waals surface area contributed by atoms with Crippen LogP contribution < -0.4 is 4.90 Å². The Morgan fingerprint density at radius 3 is 2.66 bits per heavy atom. The van der Waals surface area contributed by atoms with Gasteiger partial charge in [0, 0.05) is 22.1 Å².